The number of aryl methyl sites for hydroxylation is 1. The molecular formula is C11H19N3. The molecule has 1 aromatic rings. The van der Waals surface area contributed by atoms with E-state index in [1.807, 2.05) is 23.1 Å². The fraction of sp³-hybridized carbons (Fsp3) is 0.727. The summed E-state index contributed by atoms with van der Waals surface area (Å²) in [6.07, 6.45) is 7.29. The van der Waals surface area contributed by atoms with Gasteiger partial charge in [0.1, 0.15) is 0 Å². The fourth-order valence-electron chi connectivity index (χ4n) is 1.89. The molecular weight excluding hydrogens is 174 g/mol. The maximum atomic E-state index is 6.23. The molecule has 1 saturated carbocycles. The van der Waals surface area contributed by atoms with Crippen molar-refractivity contribution >= 4 is 0 Å². The summed E-state index contributed by atoms with van der Waals surface area (Å²) in [5, 5.41) is 4.20. The van der Waals surface area contributed by atoms with Crippen molar-refractivity contribution in [2.75, 3.05) is 0 Å². The van der Waals surface area contributed by atoms with Crippen LogP contribution in [0.1, 0.15) is 33.1 Å². The second kappa shape index (κ2) is 3.09. The van der Waals surface area contributed by atoms with Gasteiger partial charge in [-0.25, -0.2) is 0 Å². The van der Waals surface area contributed by atoms with E-state index in [-0.39, 0.29) is 11.0 Å². The molecule has 1 aliphatic carbocycles. The molecule has 3 nitrogen and oxygen atoms in total. The summed E-state index contributed by atoms with van der Waals surface area (Å²) >= 11 is 0. The molecule has 1 aromatic heterocycles. The highest BCUT2D eigenvalue weighted by Gasteiger charge is 2.50. The van der Waals surface area contributed by atoms with Crippen LogP contribution in [-0.2, 0) is 6.54 Å². The summed E-state index contributed by atoms with van der Waals surface area (Å²) in [5.41, 5.74) is 6.57. The van der Waals surface area contributed by atoms with Gasteiger partial charge in [-0.2, -0.15) is 5.10 Å². The Morgan fingerprint density at radius 1 is 1.50 bits per heavy atom. The number of rotatable bonds is 4. The summed E-state index contributed by atoms with van der Waals surface area (Å²) in [6.45, 7) is 5.51. The monoisotopic (exact) mass is 193 g/mol. The lowest BCUT2D eigenvalue weighted by atomic mass is 9.79. The average Bonchev–Trinajstić information content (AvgIpc) is 2.69. The lowest BCUT2D eigenvalue weighted by Crippen LogP contribution is -2.40. The minimum atomic E-state index is 0.0974. The number of nitrogens with two attached hydrogens (primary N) is 1. The lowest BCUT2D eigenvalue weighted by Gasteiger charge is -2.31. The summed E-state index contributed by atoms with van der Waals surface area (Å²) < 4.78 is 1.98. The first-order valence-electron chi connectivity index (χ1n) is 5.30. The normalized spacial score (nSPS) is 19.6. The Kier molecular flexibility index (Phi) is 2.14. The van der Waals surface area contributed by atoms with Crippen LogP contribution < -0.4 is 5.73 Å². The summed E-state index contributed by atoms with van der Waals surface area (Å²) in [4.78, 5) is 0. The van der Waals surface area contributed by atoms with Gasteiger partial charge in [-0.15, -0.1) is 0 Å². The van der Waals surface area contributed by atoms with Crippen LogP contribution in [0.25, 0.3) is 0 Å². The molecule has 0 spiro atoms. The fourth-order valence-corrected chi connectivity index (χ4v) is 1.89. The number of hydrogen-bond donors (Lipinski definition) is 1. The van der Waals surface area contributed by atoms with Gasteiger partial charge >= 0.3 is 0 Å². The van der Waals surface area contributed by atoms with Gasteiger partial charge in [-0.1, -0.05) is 13.8 Å². The Morgan fingerprint density at radius 2 is 2.21 bits per heavy atom. The third-order valence-corrected chi connectivity index (χ3v) is 3.66. The van der Waals surface area contributed by atoms with E-state index < -0.39 is 0 Å². The quantitative estimate of drug-likeness (QED) is 0.792. The predicted octanol–water partition coefficient (Wildman–Crippen LogP) is 1.79. The van der Waals surface area contributed by atoms with Gasteiger partial charge in [0.05, 0.1) is 0 Å². The van der Waals surface area contributed by atoms with Gasteiger partial charge in [0, 0.05) is 24.5 Å². The van der Waals surface area contributed by atoms with Gasteiger partial charge in [-0.3, -0.25) is 4.68 Å². The molecule has 0 aliphatic heterocycles. The van der Waals surface area contributed by atoms with Crippen molar-refractivity contribution < 1.29 is 0 Å². The zero-order valence-corrected chi connectivity index (χ0v) is 9.03. The maximum absolute atomic E-state index is 6.23. The van der Waals surface area contributed by atoms with Crippen LogP contribution in [0.5, 0.6) is 0 Å². The van der Waals surface area contributed by atoms with E-state index in [1.54, 1.807) is 0 Å². The van der Waals surface area contributed by atoms with Crippen molar-refractivity contribution in [1.82, 2.24) is 9.78 Å². The molecule has 0 radical (unpaired) electrons. The van der Waals surface area contributed by atoms with E-state index in [9.17, 15) is 0 Å². The SMILES string of the molecule is CC(C)(CCn1cccn1)C1(N)CC1. The van der Waals surface area contributed by atoms with Gasteiger partial charge in [0.15, 0.2) is 0 Å². The van der Waals surface area contributed by atoms with Gasteiger partial charge in [0.2, 0.25) is 0 Å². The standard InChI is InChI=1S/C11H19N3/c1-10(2,11(12)4-5-11)6-9-14-8-3-7-13-14/h3,7-8H,4-6,9,12H2,1-2H3. The molecule has 2 N–H and O–H groups in total. The van der Waals surface area contributed by atoms with Crippen LogP contribution in [0.3, 0.4) is 0 Å². The summed E-state index contributed by atoms with van der Waals surface area (Å²) in [6, 6.07) is 1.96. The van der Waals surface area contributed by atoms with Crippen molar-refractivity contribution in [2.24, 2.45) is 11.1 Å². The van der Waals surface area contributed by atoms with Crippen molar-refractivity contribution in [1.29, 1.82) is 0 Å². The first-order chi connectivity index (χ1) is 6.54. The van der Waals surface area contributed by atoms with Crippen LogP contribution in [0, 0.1) is 5.41 Å². The van der Waals surface area contributed by atoms with Gasteiger partial charge < -0.3 is 5.73 Å². The van der Waals surface area contributed by atoms with E-state index in [2.05, 4.69) is 18.9 Å². The first-order valence-corrected chi connectivity index (χ1v) is 5.30. The smallest absolute Gasteiger partial charge is 0.0489 e. The number of aromatic nitrogens is 2. The highest BCUT2D eigenvalue weighted by Crippen LogP contribution is 2.49. The third kappa shape index (κ3) is 1.69. The van der Waals surface area contributed by atoms with Crippen LogP contribution in [0.15, 0.2) is 18.5 Å². The second-order valence-electron chi connectivity index (χ2n) is 5.06. The molecule has 78 valence electrons. The van der Waals surface area contributed by atoms with Crippen molar-refractivity contribution in [3.8, 4) is 0 Å². The second-order valence-corrected chi connectivity index (χ2v) is 5.06. The molecule has 0 amide bonds. The zero-order chi connectivity index (χ0) is 10.2. The Balaban J connectivity index is 1.91. The molecule has 14 heavy (non-hydrogen) atoms. The highest BCUT2D eigenvalue weighted by atomic mass is 15.3. The van der Waals surface area contributed by atoms with Crippen LogP contribution >= 0.6 is 0 Å². The molecule has 2 rings (SSSR count). The Labute approximate surface area is 85.3 Å². The highest BCUT2D eigenvalue weighted by molar-refractivity contribution is 5.08. The van der Waals surface area contributed by atoms with Crippen molar-refractivity contribution in [3.05, 3.63) is 18.5 Å². The molecule has 1 heterocycles. The number of nitrogens with zero attached hydrogens (tertiary/aromatic N) is 2. The third-order valence-electron chi connectivity index (χ3n) is 3.66. The number of hydrogen-bond acceptors (Lipinski definition) is 2. The molecule has 3 heteroatoms. The summed E-state index contributed by atoms with van der Waals surface area (Å²) in [5.74, 6) is 0. The first kappa shape index (κ1) is 9.71. The van der Waals surface area contributed by atoms with E-state index in [1.165, 1.54) is 12.8 Å². The van der Waals surface area contributed by atoms with Gasteiger partial charge in [0.25, 0.3) is 0 Å². The van der Waals surface area contributed by atoms with Crippen LogP contribution in [0.4, 0.5) is 0 Å². The maximum Gasteiger partial charge on any atom is 0.0489 e. The van der Waals surface area contributed by atoms with Crippen molar-refractivity contribution in [3.63, 3.8) is 0 Å². The molecule has 0 saturated heterocycles. The van der Waals surface area contributed by atoms with Crippen LogP contribution in [-0.4, -0.2) is 15.3 Å². The average molecular weight is 193 g/mol. The van der Waals surface area contributed by atoms with E-state index >= 15 is 0 Å². The molecule has 0 aromatic carbocycles. The molecule has 0 unspecified atom stereocenters. The Morgan fingerprint density at radius 3 is 2.71 bits per heavy atom. The van der Waals surface area contributed by atoms with Gasteiger partial charge in [-0.05, 0) is 30.7 Å². The Bertz CT molecular complexity index is 296. The zero-order valence-electron chi connectivity index (χ0n) is 9.03. The van der Waals surface area contributed by atoms with E-state index in [0.717, 1.165) is 13.0 Å². The van der Waals surface area contributed by atoms with Crippen LogP contribution in [0.2, 0.25) is 0 Å². The molecule has 0 atom stereocenters. The molecule has 1 fully saturated rings. The largest absolute Gasteiger partial charge is 0.325 e. The molecule has 1 aliphatic rings. The van der Waals surface area contributed by atoms with E-state index in [4.69, 9.17) is 5.73 Å². The Hall–Kier alpha value is -0.830. The lowest BCUT2D eigenvalue weighted by molar-refractivity contribution is 0.228. The minimum Gasteiger partial charge on any atom is -0.325 e. The summed E-state index contributed by atoms with van der Waals surface area (Å²) in [7, 11) is 0. The topological polar surface area (TPSA) is 43.8 Å². The molecule has 0 bridgehead atoms. The van der Waals surface area contributed by atoms with E-state index in [0.29, 0.717) is 0 Å². The predicted molar refractivity (Wildman–Crippen MR) is 56.8 cm³/mol. The van der Waals surface area contributed by atoms with Crippen molar-refractivity contribution in [2.45, 2.75) is 45.2 Å². The minimum absolute atomic E-state index is 0.0974.